The van der Waals surface area contributed by atoms with E-state index in [2.05, 4.69) is 366 Å². The zero-order valence-corrected chi connectivity index (χ0v) is 69.9. The van der Waals surface area contributed by atoms with Crippen LogP contribution in [-0.2, 0) is 0 Å². The summed E-state index contributed by atoms with van der Waals surface area (Å²) < 4.78 is 46.0. The Hall–Kier alpha value is -17.2. The number of rotatable bonds is 7. The molecule has 130 heavy (non-hydrogen) atoms. The van der Waals surface area contributed by atoms with Crippen molar-refractivity contribution in [2.45, 2.75) is 0 Å². The molecule has 3 aliphatic rings. The second kappa shape index (κ2) is 25.3. The first-order chi connectivity index (χ1) is 64.5. The molecular formula is C120H63N3O6S. The number of anilines is 3. The fourth-order valence-corrected chi connectivity index (χ4v) is 24.3. The van der Waals surface area contributed by atoms with Gasteiger partial charge in [-0.15, -0.1) is 11.3 Å². The molecule has 0 amide bonds. The number of furan rings is 6. The number of nitrogens with zero attached hydrogens (tertiary/aromatic N) is 3. The number of benzene rings is 21. The van der Waals surface area contributed by atoms with Gasteiger partial charge in [0.25, 0.3) is 0 Å². The van der Waals surface area contributed by atoms with Gasteiger partial charge < -0.3 is 40.5 Å². The van der Waals surface area contributed by atoms with Crippen LogP contribution in [0.15, 0.2) is 409 Å². The van der Waals surface area contributed by atoms with Gasteiger partial charge in [-0.2, -0.15) is 0 Å². The van der Waals surface area contributed by atoms with Crippen molar-refractivity contribution < 1.29 is 26.5 Å². The lowest BCUT2D eigenvalue weighted by Crippen LogP contribution is -2.10. The maximum Gasteiger partial charge on any atom is 0.137 e. The molecule has 0 unspecified atom stereocenters. The van der Waals surface area contributed by atoms with Crippen LogP contribution in [0.25, 0.3) is 295 Å². The van der Waals surface area contributed by atoms with Crippen molar-refractivity contribution in [1.29, 1.82) is 0 Å². The molecule has 0 atom stereocenters. The molecule has 0 radical (unpaired) electrons. The molecule has 0 saturated carbocycles. The molecule has 0 aliphatic heterocycles. The molecule has 9 nitrogen and oxygen atoms in total. The highest BCUT2D eigenvalue weighted by Gasteiger charge is 2.32. The smallest absolute Gasteiger partial charge is 0.137 e. The molecular weight excluding hydrogens is 1610 g/mol. The van der Waals surface area contributed by atoms with Crippen LogP contribution in [0.2, 0.25) is 0 Å². The summed E-state index contributed by atoms with van der Waals surface area (Å²) in [4.78, 5) is 2.32. The predicted molar refractivity (Wildman–Crippen MR) is 540 cm³/mol. The molecule has 600 valence electrons. The molecule has 21 aromatic carbocycles. The maximum absolute atomic E-state index is 6.62. The van der Waals surface area contributed by atoms with Gasteiger partial charge in [0.1, 0.15) is 67.0 Å². The Bertz CT molecular complexity index is 10400. The van der Waals surface area contributed by atoms with E-state index in [1.54, 1.807) is 0 Å². The molecule has 30 aromatic rings. The van der Waals surface area contributed by atoms with Gasteiger partial charge >= 0.3 is 0 Å². The van der Waals surface area contributed by atoms with Crippen molar-refractivity contribution in [2.24, 2.45) is 0 Å². The summed E-state index contributed by atoms with van der Waals surface area (Å²) in [6, 6.07) is 137. The zero-order chi connectivity index (χ0) is 84.1. The topological polar surface area (TPSA) is 91.9 Å². The lowest BCUT2D eigenvalue weighted by Gasteiger charge is -2.26. The third-order valence-electron chi connectivity index (χ3n) is 28.4. The number of para-hydroxylation sites is 4. The van der Waals surface area contributed by atoms with E-state index in [0.29, 0.717) is 0 Å². The average Bonchev–Trinajstić information content (AvgIpc) is 1.53. The van der Waals surface area contributed by atoms with Crippen molar-refractivity contribution in [3.8, 4) is 67.0 Å². The standard InChI is InChI=1S/C52H27NO4.C40H21NOS.C28H15NO/c1-3-12-39-34(9-1)36-19-17-32(27-46(36)55-39)53(31-18-23-41-38(26-31)35-10-2-4-13-40(35)54-41)30-8-5-7-29(25-30)33-20-24-45-52-48(33)37-11-6-14-42-49(37)50-43(56-42)21-15-28-16-22-44(57-45)51(52)47(28)50;1-2-14-31-28(9-1)36-25(10-5-15-32(36)42-31)23-7-3-8-24(21-23)41-29-13-4-11-26-27-12-6-16-33-38(27)40-34(43-33)20-18-22-17-19-30(41)39(35(22)40)37(26)29;1-2-6-17(7-3-1)29-20-10-4-8-18-19-9-5-11-22-26(19)28-23(30-22)15-13-16-12-14-21(29)27(24(16)28)25(18)20/h1-27H;1-21H;1-15H. The number of aromatic nitrogens is 2. The van der Waals surface area contributed by atoms with Crippen LogP contribution in [-0.4, -0.2) is 9.13 Å². The van der Waals surface area contributed by atoms with E-state index in [1.165, 1.54) is 151 Å². The van der Waals surface area contributed by atoms with Crippen LogP contribution < -0.4 is 4.90 Å². The Morgan fingerprint density at radius 3 is 1.29 bits per heavy atom. The molecule has 0 N–H and O–H groups in total. The fourth-order valence-electron chi connectivity index (χ4n) is 23.2. The molecule has 0 saturated heterocycles. The second-order valence-electron chi connectivity index (χ2n) is 35.0. The summed E-state index contributed by atoms with van der Waals surface area (Å²) in [5.74, 6) is 0. The van der Waals surface area contributed by atoms with E-state index in [4.69, 9.17) is 26.5 Å². The summed E-state index contributed by atoms with van der Waals surface area (Å²) in [5.41, 5.74) is 33.2. The fraction of sp³-hybridized carbons (Fsp3) is 0. The highest BCUT2D eigenvalue weighted by molar-refractivity contribution is 7.26. The normalized spacial score (nSPS) is 12.6. The Kier molecular flexibility index (Phi) is 13.5. The van der Waals surface area contributed by atoms with E-state index < -0.39 is 0 Å². The SMILES string of the molecule is c1cc(-c2ccc3oc4ccc5ccc6oc7cccc8c7c6c5c4c3c2-8)cc(N(c2ccc3c(c2)oc2ccccc23)c2ccc3oc4ccccc4c3c2)c1.c1cc(-c2cccc3oc4ccccc4c23)cc(-n2c3cccc4c3c3c5c(ccc6sc7cccc-4c7c65)ccc32)c1.c1ccc(-n2c3cccc4c3c3c5c(ccc6oc7cccc-4c7c65)ccc32)cc1. The first-order valence-corrected chi connectivity index (χ1v) is 45.0. The minimum absolute atomic E-state index is 0.841. The quantitative estimate of drug-likeness (QED) is 0.157. The molecule has 0 fully saturated rings. The second-order valence-corrected chi connectivity index (χ2v) is 36.0. The van der Waals surface area contributed by atoms with Crippen LogP contribution in [0.5, 0.6) is 0 Å². The average molecular weight is 1670 g/mol. The molecule has 10 heteroatoms. The monoisotopic (exact) mass is 1670 g/mol. The van der Waals surface area contributed by atoms with Gasteiger partial charge in [0.05, 0.1) is 22.1 Å². The lowest BCUT2D eigenvalue weighted by molar-refractivity contribution is 0.668. The van der Waals surface area contributed by atoms with Gasteiger partial charge in [-0.25, -0.2) is 0 Å². The van der Waals surface area contributed by atoms with Gasteiger partial charge in [-0.3, -0.25) is 0 Å². The number of hydrogen-bond donors (Lipinski definition) is 0. The molecule has 33 rings (SSSR count). The third-order valence-corrected chi connectivity index (χ3v) is 29.5. The van der Waals surface area contributed by atoms with E-state index in [9.17, 15) is 0 Å². The van der Waals surface area contributed by atoms with Crippen LogP contribution in [0.4, 0.5) is 17.1 Å². The Balaban J connectivity index is 0.0000000969. The highest BCUT2D eigenvalue weighted by Crippen LogP contribution is 2.58. The van der Waals surface area contributed by atoms with E-state index in [1.807, 2.05) is 41.7 Å². The Morgan fingerprint density at radius 1 is 0.185 bits per heavy atom. The number of thiophene rings is 1. The summed E-state index contributed by atoms with van der Waals surface area (Å²) in [5, 5.41) is 29.5. The summed E-state index contributed by atoms with van der Waals surface area (Å²) in [7, 11) is 0. The largest absolute Gasteiger partial charge is 0.456 e. The zero-order valence-electron chi connectivity index (χ0n) is 69.1. The first kappa shape index (κ1) is 69.2. The summed E-state index contributed by atoms with van der Waals surface area (Å²) in [6.45, 7) is 0. The van der Waals surface area contributed by atoms with Crippen molar-refractivity contribution in [3.63, 3.8) is 0 Å². The van der Waals surface area contributed by atoms with Gasteiger partial charge in [0.15, 0.2) is 0 Å². The maximum atomic E-state index is 6.62. The van der Waals surface area contributed by atoms with E-state index in [-0.39, 0.29) is 0 Å². The Labute approximate surface area is 740 Å². The minimum Gasteiger partial charge on any atom is -0.456 e. The van der Waals surface area contributed by atoms with E-state index >= 15 is 0 Å². The molecule has 3 aliphatic carbocycles. The highest BCUT2D eigenvalue weighted by atomic mass is 32.1. The lowest BCUT2D eigenvalue weighted by atomic mass is 9.90. The van der Waals surface area contributed by atoms with Crippen molar-refractivity contribution in [1.82, 2.24) is 9.13 Å². The number of fused-ring (bicyclic) bond motifs is 12. The minimum atomic E-state index is 0.841. The van der Waals surface area contributed by atoms with Crippen LogP contribution >= 0.6 is 11.3 Å². The molecule has 0 spiro atoms. The molecule has 0 bridgehead atoms. The van der Waals surface area contributed by atoms with Crippen molar-refractivity contribution >= 4 is 256 Å². The van der Waals surface area contributed by atoms with E-state index in [0.717, 1.165) is 160 Å². The molecule has 9 heterocycles. The Morgan fingerprint density at radius 2 is 0.592 bits per heavy atom. The third kappa shape index (κ3) is 9.22. The van der Waals surface area contributed by atoms with Gasteiger partial charge in [0.2, 0.25) is 0 Å². The van der Waals surface area contributed by atoms with Crippen molar-refractivity contribution in [3.05, 3.63) is 382 Å². The summed E-state index contributed by atoms with van der Waals surface area (Å²) in [6.07, 6.45) is 0. The van der Waals surface area contributed by atoms with Crippen molar-refractivity contribution in [2.75, 3.05) is 4.90 Å². The van der Waals surface area contributed by atoms with Crippen LogP contribution in [0, 0.1) is 0 Å². The molecule has 9 aromatic heterocycles. The van der Waals surface area contributed by atoms with Gasteiger partial charge in [-0.05, 0) is 230 Å². The predicted octanol–water partition coefficient (Wildman–Crippen LogP) is 35.2. The van der Waals surface area contributed by atoms with Gasteiger partial charge in [0, 0.05) is 163 Å². The first-order valence-electron chi connectivity index (χ1n) is 44.2. The van der Waals surface area contributed by atoms with Crippen LogP contribution in [0.3, 0.4) is 0 Å². The van der Waals surface area contributed by atoms with Gasteiger partial charge in [-0.1, -0.05) is 212 Å². The number of hydrogen-bond acceptors (Lipinski definition) is 8. The van der Waals surface area contributed by atoms with Crippen LogP contribution in [0.1, 0.15) is 0 Å². The summed E-state index contributed by atoms with van der Waals surface area (Å²) >= 11 is 1.91.